The van der Waals surface area contributed by atoms with Gasteiger partial charge in [-0.2, -0.15) is 9.97 Å². The van der Waals surface area contributed by atoms with E-state index in [0.29, 0.717) is 57.1 Å². The van der Waals surface area contributed by atoms with Crippen LogP contribution in [0.5, 0.6) is 11.8 Å². The van der Waals surface area contributed by atoms with Gasteiger partial charge in [0.25, 0.3) is 0 Å². The van der Waals surface area contributed by atoms with Gasteiger partial charge in [0.2, 0.25) is 0 Å². The Morgan fingerprint density at radius 3 is 2.65 bits per heavy atom. The van der Waals surface area contributed by atoms with Crippen molar-refractivity contribution in [3.63, 3.8) is 0 Å². The zero-order valence-corrected chi connectivity index (χ0v) is 25.4. The number of benzene rings is 2. The molecule has 3 unspecified atom stereocenters. The fourth-order valence-electron chi connectivity index (χ4n) is 6.82. The summed E-state index contributed by atoms with van der Waals surface area (Å²) in [5.41, 5.74) is 1.60. The maximum Gasteiger partial charge on any atom is 0.319 e. The fraction of sp³-hybridized carbons (Fsp3) is 0.438. The lowest BCUT2D eigenvalue weighted by Crippen LogP contribution is -2.52. The van der Waals surface area contributed by atoms with Crippen LogP contribution in [-0.2, 0) is 11.0 Å². The number of hydrogen-bond donors (Lipinski definition) is 2. The quantitative estimate of drug-likeness (QED) is 0.397. The summed E-state index contributed by atoms with van der Waals surface area (Å²) in [4.78, 5) is 14.6. The highest BCUT2D eigenvalue weighted by atomic mass is 32.2. The topological polar surface area (TPSA) is 94.1 Å². The standard InChI is InChI=1S/C32H35FN6O3S/c1-5-23-25(33)9-6-19-12-22(40)13-24(28(19)23)27-14-26-29(43(41)38(27)4)30(39-15-20-7-8-21(16-39)34-20)36-31(35-26)42-18-32(10-11-32)17-37(2)3/h1,6,9,12-14,20-21,34,40H,7-8,10-11,15-18H2,2-4H3. The number of aromatic nitrogens is 2. The van der Waals surface area contributed by atoms with Gasteiger partial charge in [-0.1, -0.05) is 12.0 Å². The average molecular weight is 603 g/mol. The first-order valence-electron chi connectivity index (χ1n) is 14.6. The Balaban J connectivity index is 1.37. The molecule has 3 aliphatic heterocycles. The van der Waals surface area contributed by atoms with E-state index in [9.17, 15) is 13.7 Å². The molecule has 2 N–H and O–H groups in total. The molecule has 3 atom stereocenters. The van der Waals surface area contributed by atoms with E-state index >= 15 is 0 Å². The van der Waals surface area contributed by atoms with Gasteiger partial charge < -0.3 is 25.0 Å². The van der Waals surface area contributed by atoms with Crippen LogP contribution in [0.4, 0.5) is 10.2 Å². The van der Waals surface area contributed by atoms with Crippen LogP contribution in [0.15, 0.2) is 29.2 Å². The van der Waals surface area contributed by atoms with Crippen LogP contribution >= 0.6 is 0 Å². The number of nitrogens with one attached hydrogen (secondary N) is 1. The van der Waals surface area contributed by atoms with Crippen LogP contribution in [0.3, 0.4) is 0 Å². The second kappa shape index (κ2) is 10.5. The third-order valence-corrected chi connectivity index (χ3v) is 10.4. The van der Waals surface area contributed by atoms with Crippen LogP contribution in [0, 0.1) is 23.6 Å². The van der Waals surface area contributed by atoms with Gasteiger partial charge in [-0.3, -0.25) is 4.31 Å². The summed E-state index contributed by atoms with van der Waals surface area (Å²) in [6.07, 6.45) is 11.9. The van der Waals surface area contributed by atoms with Crippen LogP contribution in [-0.4, -0.2) is 88.0 Å². The number of aromatic hydroxyl groups is 1. The Kier molecular flexibility index (Phi) is 6.84. The van der Waals surface area contributed by atoms with E-state index in [1.807, 2.05) is 6.08 Å². The maximum atomic E-state index is 14.9. The number of phenols is 1. The summed E-state index contributed by atoms with van der Waals surface area (Å²) in [7, 11) is 4.13. The first-order valence-corrected chi connectivity index (χ1v) is 15.8. The molecular formula is C32H35FN6O3S. The number of anilines is 1. The molecular weight excluding hydrogens is 567 g/mol. The number of hydrogen-bond acceptors (Lipinski definition) is 8. The van der Waals surface area contributed by atoms with Gasteiger partial charge >= 0.3 is 6.01 Å². The molecule has 0 amide bonds. The normalized spacial score (nSPS) is 23.7. The van der Waals surface area contributed by atoms with Crippen molar-refractivity contribution in [2.24, 2.45) is 5.41 Å². The van der Waals surface area contributed by atoms with Gasteiger partial charge in [-0.05, 0) is 69.4 Å². The minimum Gasteiger partial charge on any atom is -0.508 e. The molecule has 4 aliphatic rings. The summed E-state index contributed by atoms with van der Waals surface area (Å²) in [6.45, 7) is 2.92. The van der Waals surface area contributed by atoms with Crippen LogP contribution in [0.2, 0.25) is 0 Å². The van der Waals surface area contributed by atoms with Crippen molar-refractivity contribution >= 4 is 39.3 Å². The molecule has 0 spiro atoms. The van der Waals surface area contributed by atoms with Crippen molar-refractivity contribution in [3.05, 3.63) is 46.9 Å². The molecule has 9 nitrogen and oxygen atoms in total. The molecule has 2 saturated heterocycles. The number of piperazine rings is 1. The molecule has 1 saturated carbocycles. The molecule has 3 aromatic rings. The minimum atomic E-state index is -1.71. The van der Waals surface area contributed by atoms with Crippen LogP contribution < -0.4 is 15.0 Å². The zero-order valence-electron chi connectivity index (χ0n) is 24.6. The van der Waals surface area contributed by atoms with Crippen molar-refractivity contribution in [1.82, 2.24) is 24.5 Å². The highest BCUT2D eigenvalue weighted by molar-refractivity contribution is 7.83. The fourth-order valence-corrected chi connectivity index (χ4v) is 8.04. The number of fused-ring (bicyclic) bond motifs is 4. The number of halogens is 1. The molecule has 43 heavy (non-hydrogen) atoms. The van der Waals surface area contributed by atoms with Gasteiger partial charge in [0, 0.05) is 55.1 Å². The van der Waals surface area contributed by atoms with E-state index in [2.05, 4.69) is 35.1 Å². The number of phenolic OH excluding ortho intramolecular Hbond substituents is 1. The van der Waals surface area contributed by atoms with Crippen LogP contribution in [0.25, 0.3) is 22.5 Å². The highest BCUT2D eigenvalue weighted by Gasteiger charge is 2.44. The van der Waals surface area contributed by atoms with E-state index < -0.39 is 16.8 Å². The molecule has 11 heteroatoms. The second-order valence-corrected chi connectivity index (χ2v) is 14.0. The Morgan fingerprint density at radius 1 is 1.23 bits per heavy atom. The summed E-state index contributed by atoms with van der Waals surface area (Å²) < 4.78 is 37.1. The van der Waals surface area contributed by atoms with Crippen molar-refractivity contribution in [2.45, 2.75) is 42.7 Å². The summed E-state index contributed by atoms with van der Waals surface area (Å²) >= 11 is 0. The third kappa shape index (κ3) is 5.01. The first-order chi connectivity index (χ1) is 20.6. The molecule has 2 aromatic carbocycles. The van der Waals surface area contributed by atoms with E-state index in [0.717, 1.165) is 45.3 Å². The van der Waals surface area contributed by atoms with Crippen molar-refractivity contribution < 1.29 is 18.4 Å². The zero-order chi connectivity index (χ0) is 30.0. The Hall–Kier alpha value is -3.72. The largest absolute Gasteiger partial charge is 0.508 e. The summed E-state index contributed by atoms with van der Waals surface area (Å²) in [5.74, 6) is 2.54. The summed E-state index contributed by atoms with van der Waals surface area (Å²) in [5, 5.41) is 15.3. The monoisotopic (exact) mass is 602 g/mol. The summed E-state index contributed by atoms with van der Waals surface area (Å²) in [6, 6.07) is 6.88. The number of rotatable bonds is 7. The van der Waals surface area contributed by atoms with E-state index in [1.165, 1.54) is 12.1 Å². The smallest absolute Gasteiger partial charge is 0.319 e. The Labute approximate surface area is 253 Å². The van der Waals surface area contributed by atoms with Crippen molar-refractivity contribution in [1.29, 1.82) is 0 Å². The minimum absolute atomic E-state index is 0.0118. The molecule has 4 heterocycles. The van der Waals surface area contributed by atoms with E-state index in [-0.39, 0.29) is 22.7 Å². The SMILES string of the molecule is C#Cc1c(F)ccc2cc(O)cc(C3=Cc4nc(OCC5(CN(C)C)CC5)nc(N5CC6CCC(C5)N6)c4S(=O)N3C)c12. The van der Waals surface area contributed by atoms with Crippen molar-refractivity contribution in [2.75, 3.05) is 52.3 Å². The molecule has 7 rings (SSSR count). The second-order valence-electron chi connectivity index (χ2n) is 12.5. The Bertz CT molecular complexity index is 1720. The van der Waals surface area contributed by atoms with Gasteiger partial charge in [0.05, 0.1) is 23.6 Å². The van der Waals surface area contributed by atoms with Gasteiger partial charge in [-0.25, -0.2) is 8.60 Å². The van der Waals surface area contributed by atoms with E-state index in [4.69, 9.17) is 21.1 Å². The lowest BCUT2D eigenvalue weighted by atomic mass is 9.96. The molecule has 1 aliphatic carbocycles. The van der Waals surface area contributed by atoms with Gasteiger partial charge in [-0.15, -0.1) is 6.42 Å². The van der Waals surface area contributed by atoms with Crippen molar-refractivity contribution in [3.8, 4) is 24.1 Å². The predicted molar refractivity (Wildman–Crippen MR) is 165 cm³/mol. The molecule has 3 fully saturated rings. The number of ether oxygens (including phenoxy) is 1. The lowest BCUT2D eigenvalue weighted by Gasteiger charge is -2.36. The Morgan fingerprint density at radius 2 is 1.98 bits per heavy atom. The lowest BCUT2D eigenvalue weighted by molar-refractivity contribution is 0.182. The molecule has 1 aromatic heterocycles. The van der Waals surface area contributed by atoms with E-state index in [1.54, 1.807) is 23.5 Å². The van der Waals surface area contributed by atoms with Gasteiger partial charge in [0.1, 0.15) is 16.5 Å². The molecule has 0 radical (unpaired) electrons. The highest BCUT2D eigenvalue weighted by Crippen LogP contribution is 2.47. The maximum absolute atomic E-state index is 14.9. The van der Waals surface area contributed by atoms with Gasteiger partial charge in [0.15, 0.2) is 16.8 Å². The average Bonchev–Trinajstić information content (AvgIpc) is 3.66. The number of nitrogens with zero attached hydrogens (tertiary/aromatic N) is 5. The molecule has 2 bridgehead atoms. The predicted octanol–water partition coefficient (Wildman–Crippen LogP) is 3.58. The molecule has 224 valence electrons. The first kappa shape index (κ1) is 28.1. The van der Waals surface area contributed by atoms with Crippen LogP contribution in [0.1, 0.15) is 42.5 Å². The third-order valence-electron chi connectivity index (χ3n) is 8.99. The number of terminal acetylenes is 1.